The van der Waals surface area contributed by atoms with Crippen molar-refractivity contribution >= 4 is 24.2 Å². The molecule has 1 aromatic carbocycles. The van der Waals surface area contributed by atoms with Crippen LogP contribution in [0.25, 0.3) is 0 Å². The number of H-pyrrole nitrogens is 1. The zero-order valence-electron chi connectivity index (χ0n) is 23.7. The molecule has 0 saturated carbocycles. The number of nitrogens with zero attached hydrogens (tertiary/aromatic N) is 2. The fourth-order valence-electron chi connectivity index (χ4n) is 4.01. The van der Waals surface area contributed by atoms with Crippen molar-refractivity contribution in [3.8, 4) is 5.75 Å². The summed E-state index contributed by atoms with van der Waals surface area (Å²) in [5, 5.41) is 9.28. The summed E-state index contributed by atoms with van der Waals surface area (Å²) in [6.45, 7) is 12.1. The van der Waals surface area contributed by atoms with Crippen LogP contribution < -0.4 is 10.1 Å². The van der Waals surface area contributed by atoms with Gasteiger partial charge in [-0.3, -0.25) is 15.3 Å². The number of aromatic amines is 1. The maximum atomic E-state index is 13.3. The summed E-state index contributed by atoms with van der Waals surface area (Å²) in [5.41, 5.74) is -0.0126. The lowest BCUT2D eigenvalue weighted by Gasteiger charge is -2.30. The van der Waals surface area contributed by atoms with Crippen molar-refractivity contribution in [1.82, 2.24) is 15.1 Å². The molecule has 1 aliphatic rings. The van der Waals surface area contributed by atoms with Crippen LogP contribution in [0, 0.1) is 6.92 Å². The molecule has 0 aliphatic carbocycles. The minimum Gasteiger partial charge on any atom is -0.497 e. The van der Waals surface area contributed by atoms with Crippen molar-refractivity contribution in [2.75, 3.05) is 19.0 Å². The van der Waals surface area contributed by atoms with Crippen LogP contribution in [0.2, 0.25) is 0 Å². The molecule has 2 N–H and O–H groups in total. The summed E-state index contributed by atoms with van der Waals surface area (Å²) in [7, 11) is 1.57. The quantitative estimate of drug-likeness (QED) is 0.385. The molecule has 1 aliphatic heterocycles. The summed E-state index contributed by atoms with van der Waals surface area (Å²) in [6, 6.07) is 8.17. The van der Waals surface area contributed by atoms with Gasteiger partial charge in [-0.2, -0.15) is 5.10 Å². The van der Waals surface area contributed by atoms with Crippen LogP contribution in [0.15, 0.2) is 30.3 Å². The molecule has 0 bridgehead atoms. The SMILES string of the molecule is COc1ccc(C[C@@H]2[C@H](OC(=O)Nc3cc(C)[nH]n3)[C@@H](OC(=O)OC(C)(C)C)CN2C(=O)OC(C)(C)C)cc1. The number of anilines is 1. The van der Waals surface area contributed by atoms with Gasteiger partial charge in [0.25, 0.3) is 0 Å². The number of benzene rings is 1. The third-order valence-corrected chi connectivity index (χ3v) is 5.57. The van der Waals surface area contributed by atoms with Gasteiger partial charge in [-0.05, 0) is 72.6 Å². The Morgan fingerprint density at radius 3 is 2.21 bits per heavy atom. The van der Waals surface area contributed by atoms with Crippen LogP contribution in [0.3, 0.4) is 0 Å². The van der Waals surface area contributed by atoms with E-state index >= 15 is 0 Å². The Labute approximate surface area is 228 Å². The van der Waals surface area contributed by atoms with Gasteiger partial charge in [-0.25, -0.2) is 14.4 Å². The van der Waals surface area contributed by atoms with E-state index in [1.165, 1.54) is 4.90 Å². The molecule has 0 spiro atoms. The summed E-state index contributed by atoms with van der Waals surface area (Å²) >= 11 is 0. The molecular weight excluding hydrogens is 508 g/mol. The highest BCUT2D eigenvalue weighted by Gasteiger charge is 2.50. The lowest BCUT2D eigenvalue weighted by atomic mass is 10.0. The van der Waals surface area contributed by atoms with Gasteiger partial charge in [0.1, 0.15) is 17.0 Å². The van der Waals surface area contributed by atoms with Crippen molar-refractivity contribution < 1.29 is 38.1 Å². The predicted octanol–water partition coefficient (Wildman–Crippen LogP) is 4.83. The summed E-state index contributed by atoms with van der Waals surface area (Å²) in [4.78, 5) is 40.2. The average Bonchev–Trinajstić information content (AvgIpc) is 3.35. The molecule has 2 heterocycles. The van der Waals surface area contributed by atoms with Crippen molar-refractivity contribution in [2.24, 2.45) is 0 Å². The molecule has 3 rings (SSSR count). The third-order valence-electron chi connectivity index (χ3n) is 5.57. The number of carbonyl (C=O) groups excluding carboxylic acids is 3. The van der Waals surface area contributed by atoms with Crippen LogP contribution in [-0.2, 0) is 25.4 Å². The number of ether oxygens (including phenoxy) is 5. The lowest BCUT2D eigenvalue weighted by molar-refractivity contribution is -0.0503. The molecule has 1 saturated heterocycles. The first kappa shape index (κ1) is 29.6. The summed E-state index contributed by atoms with van der Waals surface area (Å²) in [6.07, 6.45) is -4.20. The van der Waals surface area contributed by atoms with E-state index in [1.807, 2.05) is 12.1 Å². The monoisotopic (exact) mass is 546 g/mol. The highest BCUT2D eigenvalue weighted by Crippen LogP contribution is 2.30. The molecule has 39 heavy (non-hydrogen) atoms. The first-order chi connectivity index (χ1) is 18.1. The molecule has 0 unspecified atom stereocenters. The van der Waals surface area contributed by atoms with Gasteiger partial charge in [0.05, 0.1) is 19.7 Å². The zero-order chi connectivity index (χ0) is 29.0. The van der Waals surface area contributed by atoms with Gasteiger partial charge in [-0.1, -0.05) is 12.1 Å². The van der Waals surface area contributed by atoms with Crippen LogP contribution >= 0.6 is 0 Å². The van der Waals surface area contributed by atoms with Gasteiger partial charge < -0.3 is 23.7 Å². The van der Waals surface area contributed by atoms with E-state index in [0.717, 1.165) is 11.3 Å². The van der Waals surface area contributed by atoms with Gasteiger partial charge in [0, 0.05) is 11.8 Å². The third kappa shape index (κ3) is 8.79. The maximum Gasteiger partial charge on any atom is 0.509 e. The number of likely N-dealkylation sites (tertiary alicyclic amines) is 1. The topological polar surface area (TPSA) is 141 Å². The molecule has 3 atom stereocenters. The number of rotatable bonds is 6. The normalized spacial score (nSPS) is 19.3. The highest BCUT2D eigenvalue weighted by atomic mass is 16.7. The molecule has 2 aromatic rings. The van der Waals surface area contributed by atoms with Crippen LogP contribution in [0.5, 0.6) is 5.75 Å². The number of nitrogens with one attached hydrogen (secondary N) is 2. The molecule has 2 amide bonds. The summed E-state index contributed by atoms with van der Waals surface area (Å²) < 4.78 is 27.6. The van der Waals surface area contributed by atoms with Crippen LogP contribution in [-0.4, -0.2) is 76.5 Å². The predicted molar refractivity (Wildman–Crippen MR) is 142 cm³/mol. The van der Waals surface area contributed by atoms with Crippen LogP contribution in [0.4, 0.5) is 20.2 Å². The molecule has 0 radical (unpaired) electrons. The Hall–Kier alpha value is -3.96. The van der Waals surface area contributed by atoms with E-state index in [4.69, 9.17) is 23.7 Å². The van der Waals surface area contributed by atoms with Gasteiger partial charge in [0.15, 0.2) is 18.0 Å². The van der Waals surface area contributed by atoms with E-state index < -0.39 is 47.8 Å². The first-order valence-corrected chi connectivity index (χ1v) is 12.7. The van der Waals surface area contributed by atoms with E-state index in [0.29, 0.717) is 5.75 Å². The molecular formula is C27H38N4O8. The van der Waals surface area contributed by atoms with E-state index in [1.54, 1.807) is 73.8 Å². The van der Waals surface area contributed by atoms with Crippen molar-refractivity contribution in [3.05, 3.63) is 41.6 Å². The molecule has 12 nitrogen and oxygen atoms in total. The summed E-state index contributed by atoms with van der Waals surface area (Å²) in [5.74, 6) is 0.928. The fourth-order valence-corrected chi connectivity index (χ4v) is 4.01. The van der Waals surface area contributed by atoms with Gasteiger partial charge in [0.2, 0.25) is 0 Å². The first-order valence-electron chi connectivity index (χ1n) is 12.7. The minimum absolute atomic E-state index is 0.0750. The standard InChI is InChI=1S/C27H38N4O8/c1-16-13-21(30-29-16)28-23(32)37-22-19(14-17-9-11-18(35-8)12-10-17)31(24(33)38-26(2,3)4)15-20(22)36-25(34)39-27(5,6)7/h9-13,19-20,22H,14-15H2,1-8H3,(H2,28,29,30,32)/t19-,20+,22+/m1/s1. The number of carbonyl (C=O) groups is 3. The highest BCUT2D eigenvalue weighted by molar-refractivity contribution is 5.83. The van der Waals surface area contributed by atoms with E-state index in [9.17, 15) is 14.4 Å². The number of amides is 2. The number of aryl methyl sites for hydroxylation is 1. The largest absolute Gasteiger partial charge is 0.509 e. The number of hydrogen-bond donors (Lipinski definition) is 2. The second-order valence-corrected chi connectivity index (χ2v) is 11.3. The van der Waals surface area contributed by atoms with Crippen LogP contribution in [0.1, 0.15) is 52.8 Å². The Balaban J connectivity index is 1.93. The average molecular weight is 547 g/mol. The Morgan fingerprint density at radius 2 is 1.67 bits per heavy atom. The van der Waals surface area contributed by atoms with Crippen molar-refractivity contribution in [3.63, 3.8) is 0 Å². The maximum absolute atomic E-state index is 13.3. The van der Waals surface area contributed by atoms with Crippen molar-refractivity contribution in [1.29, 1.82) is 0 Å². The second-order valence-electron chi connectivity index (χ2n) is 11.3. The Kier molecular flexibility index (Phi) is 8.98. The number of aromatic nitrogens is 2. The van der Waals surface area contributed by atoms with E-state index in [-0.39, 0.29) is 18.8 Å². The van der Waals surface area contributed by atoms with Gasteiger partial charge in [-0.15, -0.1) is 0 Å². The van der Waals surface area contributed by atoms with Crippen molar-refractivity contribution in [2.45, 2.75) is 84.3 Å². The smallest absolute Gasteiger partial charge is 0.497 e. The lowest BCUT2D eigenvalue weighted by Crippen LogP contribution is -2.45. The molecule has 12 heteroatoms. The molecule has 1 fully saturated rings. The minimum atomic E-state index is -1.05. The van der Waals surface area contributed by atoms with E-state index in [2.05, 4.69) is 15.5 Å². The number of hydrogen-bond acceptors (Lipinski definition) is 9. The molecule has 214 valence electrons. The number of methoxy groups -OCH3 is 1. The Morgan fingerprint density at radius 1 is 1.03 bits per heavy atom. The zero-order valence-corrected chi connectivity index (χ0v) is 23.7. The Bertz CT molecular complexity index is 1150. The second kappa shape index (κ2) is 11.8. The van der Waals surface area contributed by atoms with Gasteiger partial charge >= 0.3 is 18.3 Å². The fraction of sp³-hybridized carbons (Fsp3) is 0.556. The molecule has 1 aromatic heterocycles.